The van der Waals surface area contributed by atoms with Crippen LogP contribution in [0.15, 0.2) is 42.5 Å². The van der Waals surface area contributed by atoms with Crippen molar-refractivity contribution in [1.82, 2.24) is 5.32 Å². The number of hydrogen-bond acceptors (Lipinski definition) is 3. The van der Waals surface area contributed by atoms with Crippen molar-refractivity contribution in [1.29, 1.82) is 0 Å². The highest BCUT2D eigenvalue weighted by molar-refractivity contribution is 6.31. The van der Waals surface area contributed by atoms with E-state index in [0.29, 0.717) is 28.6 Å². The Bertz CT molecular complexity index is 629. The molecule has 0 atom stereocenters. The van der Waals surface area contributed by atoms with E-state index in [9.17, 15) is 4.79 Å². The normalized spacial score (nSPS) is 10.1. The van der Waals surface area contributed by atoms with E-state index >= 15 is 0 Å². The van der Waals surface area contributed by atoms with Crippen molar-refractivity contribution in [3.8, 4) is 5.75 Å². The lowest BCUT2D eigenvalue weighted by atomic mass is 10.1. The van der Waals surface area contributed by atoms with E-state index in [1.165, 1.54) is 7.11 Å². The summed E-state index contributed by atoms with van der Waals surface area (Å²) in [6.45, 7) is 0.366. The zero-order valence-electron chi connectivity index (χ0n) is 11.0. The predicted octanol–water partition coefficient (Wildman–Crippen LogP) is 2.86. The Morgan fingerprint density at radius 1 is 1.30 bits per heavy atom. The maximum absolute atomic E-state index is 12.0. The third kappa shape index (κ3) is 3.22. The molecule has 0 radical (unpaired) electrons. The van der Waals surface area contributed by atoms with Gasteiger partial charge in [0.1, 0.15) is 5.75 Å². The molecule has 0 aliphatic heterocycles. The second kappa shape index (κ2) is 6.30. The van der Waals surface area contributed by atoms with E-state index in [0.717, 1.165) is 5.56 Å². The minimum Gasteiger partial charge on any atom is -0.495 e. The molecule has 1 amide bonds. The molecule has 3 N–H and O–H groups in total. The molecule has 2 aromatic carbocycles. The van der Waals surface area contributed by atoms with Gasteiger partial charge in [0.2, 0.25) is 0 Å². The van der Waals surface area contributed by atoms with Gasteiger partial charge in [-0.2, -0.15) is 0 Å². The molecule has 104 valence electrons. The lowest BCUT2D eigenvalue weighted by Crippen LogP contribution is -2.23. The molecule has 2 rings (SSSR count). The van der Waals surface area contributed by atoms with Gasteiger partial charge in [-0.05, 0) is 29.8 Å². The summed E-state index contributed by atoms with van der Waals surface area (Å²) in [7, 11) is 1.53. The number of carbonyl (C=O) groups is 1. The third-order valence-corrected chi connectivity index (χ3v) is 3.26. The molecule has 20 heavy (non-hydrogen) atoms. The Kier molecular flexibility index (Phi) is 4.48. The maximum atomic E-state index is 12.0. The summed E-state index contributed by atoms with van der Waals surface area (Å²) in [6.07, 6.45) is 0. The van der Waals surface area contributed by atoms with Gasteiger partial charge in [-0.3, -0.25) is 4.79 Å². The van der Waals surface area contributed by atoms with Crippen LogP contribution in [0.1, 0.15) is 15.9 Å². The zero-order valence-corrected chi connectivity index (χ0v) is 11.8. The van der Waals surface area contributed by atoms with Crippen LogP contribution in [-0.2, 0) is 6.54 Å². The first kappa shape index (κ1) is 14.2. The van der Waals surface area contributed by atoms with Gasteiger partial charge in [-0.15, -0.1) is 0 Å². The molecule has 0 saturated carbocycles. The summed E-state index contributed by atoms with van der Waals surface area (Å²) in [6, 6.07) is 12.3. The van der Waals surface area contributed by atoms with E-state index in [2.05, 4.69) is 5.32 Å². The number of nitrogen functional groups attached to an aromatic ring is 1. The fourth-order valence-corrected chi connectivity index (χ4v) is 2.00. The third-order valence-electron chi connectivity index (χ3n) is 2.89. The molecule has 0 fully saturated rings. The molecular formula is C15H15ClN2O2. The minimum atomic E-state index is -0.209. The number of rotatable bonds is 4. The Labute approximate surface area is 122 Å². The van der Waals surface area contributed by atoms with Crippen LogP contribution in [0.25, 0.3) is 0 Å². The molecule has 0 spiro atoms. The average molecular weight is 291 g/mol. The number of amides is 1. The van der Waals surface area contributed by atoms with Crippen molar-refractivity contribution in [2.45, 2.75) is 6.54 Å². The topological polar surface area (TPSA) is 64.3 Å². The molecule has 0 aliphatic rings. The highest BCUT2D eigenvalue weighted by Gasteiger charge is 2.09. The molecule has 4 nitrogen and oxygen atoms in total. The second-order valence-electron chi connectivity index (χ2n) is 4.23. The van der Waals surface area contributed by atoms with Crippen LogP contribution in [-0.4, -0.2) is 13.0 Å². The van der Waals surface area contributed by atoms with Gasteiger partial charge in [-0.1, -0.05) is 29.8 Å². The molecule has 2 aromatic rings. The van der Waals surface area contributed by atoms with Crippen LogP contribution in [0.2, 0.25) is 5.02 Å². The minimum absolute atomic E-state index is 0.209. The van der Waals surface area contributed by atoms with E-state index in [-0.39, 0.29) is 5.91 Å². The highest BCUT2D eigenvalue weighted by Crippen LogP contribution is 2.22. The van der Waals surface area contributed by atoms with Gasteiger partial charge >= 0.3 is 0 Å². The van der Waals surface area contributed by atoms with Gasteiger partial charge in [0.15, 0.2) is 0 Å². The standard InChI is InChI=1S/C15H15ClN2O2/c1-20-14-7-6-10(8-13(14)17)15(19)18-9-11-4-2-3-5-12(11)16/h2-8H,9,17H2,1H3,(H,18,19). The lowest BCUT2D eigenvalue weighted by Gasteiger charge is -2.09. The molecule has 0 bridgehead atoms. The molecule has 0 aromatic heterocycles. The summed E-state index contributed by atoms with van der Waals surface area (Å²) in [5.74, 6) is 0.340. The van der Waals surface area contributed by atoms with Crippen molar-refractivity contribution in [3.63, 3.8) is 0 Å². The van der Waals surface area contributed by atoms with Crippen LogP contribution in [0, 0.1) is 0 Å². The van der Waals surface area contributed by atoms with Crippen molar-refractivity contribution in [2.24, 2.45) is 0 Å². The number of nitrogens with two attached hydrogens (primary N) is 1. The number of carbonyl (C=O) groups excluding carboxylic acids is 1. The van der Waals surface area contributed by atoms with Gasteiger partial charge in [0, 0.05) is 17.1 Å². The lowest BCUT2D eigenvalue weighted by molar-refractivity contribution is 0.0951. The molecular weight excluding hydrogens is 276 g/mol. The number of benzene rings is 2. The average Bonchev–Trinajstić information content (AvgIpc) is 2.46. The first-order valence-electron chi connectivity index (χ1n) is 6.07. The van der Waals surface area contributed by atoms with Crippen LogP contribution in [0.5, 0.6) is 5.75 Å². The summed E-state index contributed by atoms with van der Waals surface area (Å²) < 4.78 is 5.05. The van der Waals surface area contributed by atoms with Crippen molar-refractivity contribution < 1.29 is 9.53 Å². The number of anilines is 1. The van der Waals surface area contributed by atoms with E-state index < -0.39 is 0 Å². The Hall–Kier alpha value is -2.20. The van der Waals surface area contributed by atoms with Crippen LogP contribution in [0.3, 0.4) is 0 Å². The second-order valence-corrected chi connectivity index (χ2v) is 4.64. The molecule has 0 aliphatic carbocycles. The number of ether oxygens (including phenoxy) is 1. The molecule has 5 heteroatoms. The Morgan fingerprint density at radius 3 is 2.70 bits per heavy atom. The van der Waals surface area contributed by atoms with Crippen LogP contribution >= 0.6 is 11.6 Å². The van der Waals surface area contributed by atoms with Gasteiger partial charge in [-0.25, -0.2) is 0 Å². The number of halogens is 1. The van der Waals surface area contributed by atoms with E-state index in [1.807, 2.05) is 18.2 Å². The van der Waals surface area contributed by atoms with Gasteiger partial charge in [0.25, 0.3) is 5.91 Å². The highest BCUT2D eigenvalue weighted by atomic mass is 35.5. The molecule has 0 heterocycles. The van der Waals surface area contributed by atoms with Gasteiger partial charge < -0.3 is 15.8 Å². The zero-order chi connectivity index (χ0) is 14.5. The van der Waals surface area contributed by atoms with E-state index in [4.69, 9.17) is 22.1 Å². The summed E-state index contributed by atoms with van der Waals surface area (Å²) in [4.78, 5) is 12.0. The first-order chi connectivity index (χ1) is 9.61. The van der Waals surface area contributed by atoms with Crippen molar-refractivity contribution in [2.75, 3.05) is 12.8 Å². The maximum Gasteiger partial charge on any atom is 0.251 e. The van der Waals surface area contributed by atoms with E-state index in [1.54, 1.807) is 24.3 Å². The van der Waals surface area contributed by atoms with Crippen LogP contribution < -0.4 is 15.8 Å². The van der Waals surface area contributed by atoms with Crippen LogP contribution in [0.4, 0.5) is 5.69 Å². The summed E-state index contributed by atoms with van der Waals surface area (Å²) in [5.41, 5.74) is 7.55. The molecule has 0 unspecified atom stereocenters. The SMILES string of the molecule is COc1ccc(C(=O)NCc2ccccc2Cl)cc1N. The monoisotopic (exact) mass is 290 g/mol. The van der Waals surface area contributed by atoms with Gasteiger partial charge in [0.05, 0.1) is 12.8 Å². The fourth-order valence-electron chi connectivity index (χ4n) is 1.79. The quantitative estimate of drug-likeness (QED) is 0.851. The number of hydrogen-bond donors (Lipinski definition) is 2. The summed E-state index contributed by atoms with van der Waals surface area (Å²) >= 11 is 6.03. The predicted molar refractivity (Wildman–Crippen MR) is 80.0 cm³/mol. The van der Waals surface area contributed by atoms with Crippen molar-refractivity contribution >= 4 is 23.2 Å². The Morgan fingerprint density at radius 2 is 2.05 bits per heavy atom. The summed E-state index contributed by atoms with van der Waals surface area (Å²) in [5, 5.41) is 3.43. The smallest absolute Gasteiger partial charge is 0.251 e. The first-order valence-corrected chi connectivity index (χ1v) is 6.44. The largest absolute Gasteiger partial charge is 0.495 e. The molecule has 0 saturated heterocycles. The fraction of sp³-hybridized carbons (Fsp3) is 0.133. The van der Waals surface area contributed by atoms with Crippen molar-refractivity contribution in [3.05, 3.63) is 58.6 Å². The Balaban J connectivity index is 2.05. The number of methoxy groups -OCH3 is 1. The number of nitrogens with one attached hydrogen (secondary N) is 1.